The van der Waals surface area contributed by atoms with Crippen LogP contribution in [0.15, 0.2) is 0 Å². The lowest BCUT2D eigenvalue weighted by molar-refractivity contribution is -0.166. The quantitative estimate of drug-likeness (QED) is 0.274. The van der Waals surface area contributed by atoms with Crippen molar-refractivity contribution in [2.24, 2.45) is 5.92 Å². The third kappa shape index (κ3) is 3.14. The third-order valence-electron chi connectivity index (χ3n) is 1.36. The van der Waals surface area contributed by atoms with Gasteiger partial charge in [0.15, 0.2) is 12.9 Å². The Kier molecular flexibility index (Phi) is 5.56. The van der Waals surface area contributed by atoms with Crippen LogP contribution in [0.25, 0.3) is 0 Å². The molecule has 0 spiro atoms. The van der Waals surface area contributed by atoms with Crippen molar-refractivity contribution in [1.29, 1.82) is 0 Å². The first-order valence-corrected chi connectivity index (χ1v) is 3.34. The van der Waals surface area contributed by atoms with Crippen molar-refractivity contribution in [3.05, 3.63) is 0 Å². The van der Waals surface area contributed by atoms with E-state index in [9.17, 15) is 4.79 Å². The van der Waals surface area contributed by atoms with Crippen LogP contribution >= 0.6 is 0 Å². The summed E-state index contributed by atoms with van der Waals surface area (Å²) in [6, 6.07) is 0. The predicted octanol–water partition coefficient (Wildman–Crippen LogP) is -2.56. The first-order chi connectivity index (χ1) is 5.67. The van der Waals surface area contributed by atoms with E-state index in [-0.39, 0.29) is 0 Å². The number of hydrogen-bond donors (Lipinski definition) is 4. The number of aliphatic hydroxyl groups excluding tert-OH is 4. The number of hydrogen-bond acceptors (Lipinski definition) is 6. The van der Waals surface area contributed by atoms with E-state index >= 15 is 0 Å². The first-order valence-electron chi connectivity index (χ1n) is 3.34. The van der Waals surface area contributed by atoms with Crippen molar-refractivity contribution >= 4 is 5.97 Å². The van der Waals surface area contributed by atoms with Gasteiger partial charge in [-0.05, 0) is 0 Å². The van der Waals surface area contributed by atoms with Gasteiger partial charge in [0.2, 0.25) is 0 Å². The zero-order chi connectivity index (χ0) is 9.56. The van der Waals surface area contributed by atoms with E-state index in [1.807, 2.05) is 0 Å². The molecule has 4 N–H and O–H groups in total. The normalized spacial score (nSPS) is 13.1. The lowest BCUT2D eigenvalue weighted by Crippen LogP contribution is -2.35. The summed E-state index contributed by atoms with van der Waals surface area (Å²) in [4.78, 5) is 10.6. The van der Waals surface area contributed by atoms with Gasteiger partial charge < -0.3 is 25.2 Å². The molecule has 0 radical (unpaired) electrons. The van der Waals surface area contributed by atoms with Crippen LogP contribution in [-0.2, 0) is 9.53 Å². The SMILES string of the molecule is O=C(OCO)C(O)C(CO)CO. The molecule has 0 fully saturated rings. The molecule has 0 aliphatic carbocycles. The van der Waals surface area contributed by atoms with Gasteiger partial charge in [-0.2, -0.15) is 0 Å². The fraction of sp³-hybridized carbons (Fsp3) is 0.833. The van der Waals surface area contributed by atoms with E-state index in [0.29, 0.717) is 0 Å². The number of esters is 1. The summed E-state index contributed by atoms with van der Waals surface area (Å²) in [7, 11) is 0. The summed E-state index contributed by atoms with van der Waals surface area (Å²) in [5.74, 6) is -2.03. The molecule has 1 unspecified atom stereocenters. The molecular weight excluding hydrogens is 168 g/mol. The van der Waals surface area contributed by atoms with Gasteiger partial charge in [0.25, 0.3) is 0 Å². The lowest BCUT2D eigenvalue weighted by atomic mass is 10.1. The van der Waals surface area contributed by atoms with Gasteiger partial charge >= 0.3 is 5.97 Å². The lowest BCUT2D eigenvalue weighted by Gasteiger charge is -2.16. The minimum Gasteiger partial charge on any atom is -0.437 e. The van der Waals surface area contributed by atoms with Crippen molar-refractivity contribution in [2.45, 2.75) is 6.10 Å². The molecule has 0 aromatic rings. The number of carbonyl (C=O) groups is 1. The fourth-order valence-electron chi connectivity index (χ4n) is 0.599. The highest BCUT2D eigenvalue weighted by Crippen LogP contribution is 2.03. The Morgan fingerprint density at radius 2 is 1.75 bits per heavy atom. The van der Waals surface area contributed by atoms with E-state index in [1.54, 1.807) is 0 Å². The van der Waals surface area contributed by atoms with Gasteiger partial charge in [-0.25, -0.2) is 4.79 Å². The summed E-state index contributed by atoms with van der Waals surface area (Å²) in [5, 5.41) is 34.2. The number of aliphatic hydroxyl groups is 4. The van der Waals surface area contributed by atoms with E-state index < -0.39 is 38.0 Å². The van der Waals surface area contributed by atoms with Gasteiger partial charge in [-0.1, -0.05) is 0 Å². The summed E-state index contributed by atoms with van der Waals surface area (Å²) >= 11 is 0. The minimum absolute atomic E-state index is 0.530. The zero-order valence-electron chi connectivity index (χ0n) is 6.38. The first kappa shape index (κ1) is 11.3. The summed E-state index contributed by atoms with van der Waals surface area (Å²) in [6.07, 6.45) is -1.60. The molecule has 1 atom stereocenters. The third-order valence-corrected chi connectivity index (χ3v) is 1.36. The maximum absolute atomic E-state index is 10.6. The monoisotopic (exact) mass is 180 g/mol. The molecule has 6 heteroatoms. The van der Waals surface area contributed by atoms with Crippen molar-refractivity contribution in [3.63, 3.8) is 0 Å². The molecule has 0 aromatic heterocycles. The second-order valence-electron chi connectivity index (χ2n) is 2.16. The smallest absolute Gasteiger partial charge is 0.337 e. The summed E-state index contributed by atoms with van der Waals surface area (Å²) < 4.78 is 4.03. The van der Waals surface area contributed by atoms with Crippen LogP contribution in [-0.4, -0.2) is 52.5 Å². The minimum atomic E-state index is -1.60. The van der Waals surface area contributed by atoms with Gasteiger partial charge in [-0.3, -0.25) is 0 Å². The van der Waals surface area contributed by atoms with Crippen molar-refractivity contribution < 1.29 is 30.0 Å². The van der Waals surface area contributed by atoms with Crippen molar-refractivity contribution in [2.75, 3.05) is 20.0 Å². The molecule has 6 nitrogen and oxygen atoms in total. The zero-order valence-corrected chi connectivity index (χ0v) is 6.38. The Balaban J connectivity index is 3.96. The Morgan fingerprint density at radius 1 is 1.25 bits per heavy atom. The van der Waals surface area contributed by atoms with E-state index in [2.05, 4.69) is 4.74 Å². The molecule has 0 heterocycles. The van der Waals surface area contributed by atoms with E-state index in [4.69, 9.17) is 20.4 Å². The van der Waals surface area contributed by atoms with Gasteiger partial charge in [-0.15, -0.1) is 0 Å². The molecule has 0 aromatic carbocycles. The topological polar surface area (TPSA) is 107 Å². The standard InChI is InChI=1S/C6H12O6/c7-1-4(2-8)5(10)6(11)12-3-9/h4-5,7-10H,1-3H2. The van der Waals surface area contributed by atoms with E-state index in [1.165, 1.54) is 0 Å². The molecule has 0 aliphatic heterocycles. The predicted molar refractivity (Wildman–Crippen MR) is 36.8 cm³/mol. The maximum Gasteiger partial charge on any atom is 0.337 e. The molecule has 72 valence electrons. The van der Waals surface area contributed by atoms with Gasteiger partial charge in [0.1, 0.15) is 0 Å². The van der Waals surface area contributed by atoms with Crippen LogP contribution in [0.4, 0.5) is 0 Å². The molecule has 0 saturated carbocycles. The average Bonchev–Trinajstić information content (AvgIpc) is 2.07. The molecular formula is C6H12O6. The number of carbonyl (C=O) groups excluding carboxylic acids is 1. The van der Waals surface area contributed by atoms with Crippen LogP contribution in [0.2, 0.25) is 0 Å². The molecule has 0 bridgehead atoms. The maximum atomic E-state index is 10.6. The van der Waals surface area contributed by atoms with Gasteiger partial charge in [0.05, 0.1) is 13.2 Å². The fourth-order valence-corrected chi connectivity index (χ4v) is 0.599. The largest absolute Gasteiger partial charge is 0.437 e. The van der Waals surface area contributed by atoms with Crippen LogP contribution in [0.3, 0.4) is 0 Å². The highest BCUT2D eigenvalue weighted by Gasteiger charge is 2.26. The summed E-state index contributed by atoms with van der Waals surface area (Å²) in [6.45, 7) is -1.89. The molecule has 0 saturated heterocycles. The van der Waals surface area contributed by atoms with Crippen LogP contribution in [0.1, 0.15) is 0 Å². The number of rotatable bonds is 5. The Bertz CT molecular complexity index is 132. The number of ether oxygens (including phenoxy) is 1. The van der Waals surface area contributed by atoms with Crippen molar-refractivity contribution in [3.8, 4) is 0 Å². The van der Waals surface area contributed by atoms with E-state index in [0.717, 1.165) is 0 Å². The van der Waals surface area contributed by atoms with Crippen LogP contribution in [0, 0.1) is 5.92 Å². The average molecular weight is 180 g/mol. The molecule has 12 heavy (non-hydrogen) atoms. The Hall–Kier alpha value is -0.690. The molecule has 0 aliphatic rings. The molecule has 0 rings (SSSR count). The second kappa shape index (κ2) is 5.90. The van der Waals surface area contributed by atoms with Crippen LogP contribution in [0.5, 0.6) is 0 Å². The van der Waals surface area contributed by atoms with Crippen LogP contribution < -0.4 is 0 Å². The molecule has 0 amide bonds. The Labute approximate surface area is 69.0 Å². The Morgan fingerprint density at radius 3 is 2.08 bits per heavy atom. The highest BCUT2D eigenvalue weighted by atomic mass is 16.6. The van der Waals surface area contributed by atoms with Crippen molar-refractivity contribution in [1.82, 2.24) is 0 Å². The highest BCUT2D eigenvalue weighted by molar-refractivity contribution is 5.74. The second-order valence-corrected chi connectivity index (χ2v) is 2.16. The summed E-state index contributed by atoms with van der Waals surface area (Å²) in [5.41, 5.74) is 0. The van der Waals surface area contributed by atoms with Gasteiger partial charge in [0, 0.05) is 5.92 Å².